The van der Waals surface area contributed by atoms with Crippen LogP contribution in [0.4, 0.5) is 9.18 Å². The van der Waals surface area contributed by atoms with Gasteiger partial charge in [-0.2, -0.15) is 0 Å². The standard InChI is InChI=1S/C33H40Cl2FN5O5/c1-5-17(3)26(29(37)42)39-31(44)33(12-11-25-23(15-33)22-13-20(34)14-24(35)27(22)38-25)40-30(43)28(18(4)6-2)41(32(45)46)16-19-7-9-21(36)10-8-19/h7-10,13-14,17-18,26,28,38H,5-6,11-12,15-16H2,1-4H3,(H2,37,42)(H,39,44)(H,40,43)(H,45,46)/t17?,18?,26-,28-,33+/m0/s1. The van der Waals surface area contributed by atoms with E-state index in [1.807, 2.05) is 13.8 Å². The first-order valence-corrected chi connectivity index (χ1v) is 16.1. The molecule has 0 bridgehead atoms. The molecule has 46 heavy (non-hydrogen) atoms. The number of carboxylic acid groups (broad SMARTS) is 1. The monoisotopic (exact) mass is 675 g/mol. The Labute approximate surface area is 277 Å². The minimum absolute atomic E-state index is 0.0147. The minimum atomic E-state index is -1.58. The van der Waals surface area contributed by atoms with Crippen LogP contribution in [0.25, 0.3) is 10.9 Å². The van der Waals surface area contributed by atoms with E-state index in [1.165, 1.54) is 24.3 Å². The van der Waals surface area contributed by atoms with Gasteiger partial charge in [-0.05, 0) is 60.1 Å². The SMILES string of the molecule is CCC(C)[C@H](NC(=O)[C@@]1(NC(=O)[C@H](C(C)CC)N(Cc2ccc(F)cc2)C(=O)O)CCc2[nH]c3c(Cl)cc(Cl)cc3c2C1)C(N)=O. The van der Waals surface area contributed by atoms with Crippen molar-refractivity contribution in [2.45, 2.75) is 84.0 Å². The van der Waals surface area contributed by atoms with Gasteiger partial charge in [-0.3, -0.25) is 19.3 Å². The van der Waals surface area contributed by atoms with E-state index in [0.29, 0.717) is 45.8 Å². The van der Waals surface area contributed by atoms with Gasteiger partial charge in [0.1, 0.15) is 23.4 Å². The zero-order valence-corrected chi connectivity index (χ0v) is 27.8. The fourth-order valence-electron chi connectivity index (χ4n) is 6.15. The molecule has 5 atom stereocenters. The lowest BCUT2D eigenvalue weighted by molar-refractivity contribution is -0.139. The maximum Gasteiger partial charge on any atom is 0.408 e. The van der Waals surface area contributed by atoms with Gasteiger partial charge in [0, 0.05) is 29.1 Å². The lowest BCUT2D eigenvalue weighted by Crippen LogP contribution is -2.67. The Morgan fingerprint density at radius 2 is 1.74 bits per heavy atom. The van der Waals surface area contributed by atoms with Crippen molar-refractivity contribution in [3.8, 4) is 0 Å². The van der Waals surface area contributed by atoms with Crippen LogP contribution < -0.4 is 16.4 Å². The molecule has 248 valence electrons. The molecule has 4 amide bonds. The van der Waals surface area contributed by atoms with Crippen molar-refractivity contribution in [3.63, 3.8) is 0 Å². The van der Waals surface area contributed by atoms with E-state index in [2.05, 4.69) is 15.6 Å². The van der Waals surface area contributed by atoms with E-state index in [0.717, 1.165) is 16.2 Å². The van der Waals surface area contributed by atoms with E-state index in [-0.39, 0.29) is 25.3 Å². The summed E-state index contributed by atoms with van der Waals surface area (Å²) in [6.07, 6.45) is 0.152. The van der Waals surface area contributed by atoms with Crippen molar-refractivity contribution < 1.29 is 28.7 Å². The zero-order valence-electron chi connectivity index (χ0n) is 26.3. The Hall–Kier alpha value is -3.83. The van der Waals surface area contributed by atoms with E-state index >= 15 is 0 Å². The smallest absolute Gasteiger partial charge is 0.408 e. The van der Waals surface area contributed by atoms with Crippen LogP contribution in [0.3, 0.4) is 0 Å². The summed E-state index contributed by atoms with van der Waals surface area (Å²) in [5.41, 5.74) is 6.79. The van der Waals surface area contributed by atoms with Crippen LogP contribution in [-0.2, 0) is 33.8 Å². The molecular formula is C33H40Cl2FN5O5. The van der Waals surface area contributed by atoms with Crippen LogP contribution >= 0.6 is 23.2 Å². The largest absolute Gasteiger partial charge is 0.465 e. The maximum atomic E-state index is 14.3. The number of carbonyl (C=O) groups excluding carboxylic acids is 3. The molecule has 0 fully saturated rings. The first kappa shape index (κ1) is 35.0. The molecule has 1 aliphatic rings. The molecule has 0 saturated heterocycles. The molecule has 1 aliphatic carbocycles. The highest BCUT2D eigenvalue weighted by Gasteiger charge is 2.47. The molecule has 0 aliphatic heterocycles. The van der Waals surface area contributed by atoms with Crippen LogP contribution in [0.2, 0.25) is 10.0 Å². The number of aryl methyl sites for hydroxylation is 1. The molecule has 6 N–H and O–H groups in total. The summed E-state index contributed by atoms with van der Waals surface area (Å²) < 4.78 is 13.6. The highest BCUT2D eigenvalue weighted by atomic mass is 35.5. The van der Waals surface area contributed by atoms with Crippen molar-refractivity contribution >= 4 is 57.9 Å². The summed E-state index contributed by atoms with van der Waals surface area (Å²) in [5, 5.41) is 17.5. The zero-order chi connectivity index (χ0) is 33.9. The number of amides is 4. The average molecular weight is 677 g/mol. The van der Waals surface area contributed by atoms with Gasteiger partial charge in [0.2, 0.25) is 17.7 Å². The number of primary amides is 1. The number of nitrogens with one attached hydrogen (secondary N) is 3. The molecule has 10 nitrogen and oxygen atoms in total. The summed E-state index contributed by atoms with van der Waals surface area (Å²) in [6, 6.07) is 6.50. The van der Waals surface area contributed by atoms with Crippen LogP contribution in [0.1, 0.15) is 63.8 Å². The first-order chi connectivity index (χ1) is 21.7. The number of nitrogens with two attached hydrogens (primary N) is 1. The van der Waals surface area contributed by atoms with Crippen molar-refractivity contribution in [2.24, 2.45) is 17.6 Å². The summed E-state index contributed by atoms with van der Waals surface area (Å²) >= 11 is 12.8. The third kappa shape index (κ3) is 7.25. The number of aromatic nitrogens is 1. The van der Waals surface area contributed by atoms with Crippen LogP contribution in [0.5, 0.6) is 0 Å². The predicted molar refractivity (Wildman–Crippen MR) is 175 cm³/mol. The molecule has 0 radical (unpaired) electrons. The molecule has 4 rings (SSSR count). The molecular weight excluding hydrogens is 636 g/mol. The van der Waals surface area contributed by atoms with Crippen molar-refractivity contribution in [2.75, 3.05) is 0 Å². The number of aromatic amines is 1. The Kier molecular flexibility index (Phi) is 10.9. The fraction of sp³-hybridized carbons (Fsp3) is 0.455. The lowest BCUT2D eigenvalue weighted by atomic mass is 9.78. The molecule has 3 aromatic rings. The minimum Gasteiger partial charge on any atom is -0.465 e. The summed E-state index contributed by atoms with van der Waals surface area (Å²) in [5.74, 6) is -3.21. The number of halogens is 3. The molecule has 1 aromatic heterocycles. The number of carbonyl (C=O) groups is 4. The van der Waals surface area contributed by atoms with Gasteiger partial charge >= 0.3 is 6.09 Å². The second kappa shape index (κ2) is 14.3. The number of hydrogen-bond acceptors (Lipinski definition) is 4. The maximum absolute atomic E-state index is 14.3. The van der Waals surface area contributed by atoms with Gasteiger partial charge in [0.05, 0.1) is 10.5 Å². The highest BCUT2D eigenvalue weighted by Crippen LogP contribution is 2.38. The summed E-state index contributed by atoms with van der Waals surface area (Å²) in [6.45, 7) is 7.07. The van der Waals surface area contributed by atoms with Gasteiger partial charge in [-0.15, -0.1) is 0 Å². The Morgan fingerprint density at radius 3 is 2.33 bits per heavy atom. The van der Waals surface area contributed by atoms with Crippen LogP contribution in [0, 0.1) is 17.7 Å². The third-order valence-electron chi connectivity index (χ3n) is 9.20. The van der Waals surface area contributed by atoms with E-state index < -0.39 is 53.2 Å². The van der Waals surface area contributed by atoms with Crippen LogP contribution in [-0.4, -0.2) is 56.4 Å². The number of H-pyrrole nitrogens is 1. The van der Waals surface area contributed by atoms with Gasteiger partial charge in [-0.1, -0.05) is 75.9 Å². The Morgan fingerprint density at radius 1 is 1.09 bits per heavy atom. The molecule has 0 saturated carbocycles. The highest BCUT2D eigenvalue weighted by molar-refractivity contribution is 6.38. The molecule has 1 heterocycles. The van der Waals surface area contributed by atoms with E-state index in [9.17, 15) is 28.7 Å². The lowest BCUT2D eigenvalue weighted by Gasteiger charge is -2.41. The summed E-state index contributed by atoms with van der Waals surface area (Å²) in [7, 11) is 0. The van der Waals surface area contributed by atoms with Crippen LogP contribution in [0.15, 0.2) is 36.4 Å². The van der Waals surface area contributed by atoms with Crippen molar-refractivity contribution in [1.29, 1.82) is 0 Å². The van der Waals surface area contributed by atoms with Gasteiger partial charge in [-0.25, -0.2) is 9.18 Å². The average Bonchev–Trinajstić information content (AvgIpc) is 3.37. The Bertz CT molecular complexity index is 1630. The predicted octanol–water partition coefficient (Wildman–Crippen LogP) is 5.57. The molecule has 13 heteroatoms. The normalized spacial score (nSPS) is 18.6. The number of nitrogens with zero attached hydrogens (tertiary/aromatic N) is 1. The molecule has 0 spiro atoms. The quantitative estimate of drug-likeness (QED) is 0.170. The topological polar surface area (TPSA) is 158 Å². The number of hydrogen-bond donors (Lipinski definition) is 5. The molecule has 2 aromatic carbocycles. The fourth-order valence-corrected chi connectivity index (χ4v) is 6.69. The third-order valence-corrected chi connectivity index (χ3v) is 9.72. The van der Waals surface area contributed by atoms with Gasteiger partial charge in [0.25, 0.3) is 0 Å². The van der Waals surface area contributed by atoms with E-state index in [1.54, 1.807) is 26.0 Å². The molecule has 2 unspecified atom stereocenters. The number of fused-ring (bicyclic) bond motifs is 3. The second-order valence-corrected chi connectivity index (χ2v) is 13.1. The van der Waals surface area contributed by atoms with Crippen molar-refractivity contribution in [1.82, 2.24) is 20.5 Å². The summed E-state index contributed by atoms with van der Waals surface area (Å²) in [4.78, 5) is 58.1. The number of benzene rings is 2. The van der Waals surface area contributed by atoms with Crippen molar-refractivity contribution in [3.05, 3.63) is 69.1 Å². The Balaban J connectivity index is 1.78. The first-order valence-electron chi connectivity index (χ1n) is 15.4. The van der Waals surface area contributed by atoms with E-state index in [4.69, 9.17) is 28.9 Å². The number of rotatable bonds is 12. The van der Waals surface area contributed by atoms with Gasteiger partial charge in [0.15, 0.2) is 0 Å². The second-order valence-electron chi connectivity index (χ2n) is 12.2. The van der Waals surface area contributed by atoms with Gasteiger partial charge < -0.3 is 26.5 Å².